The molecule has 204 valence electrons. The Balaban J connectivity index is 1.76. The Kier molecular flexibility index (Phi) is 10.2. The number of methoxy groups -OCH3 is 3. The molecular formula is C25H21Br2N3O9. The maximum atomic E-state index is 13.0. The summed E-state index contributed by atoms with van der Waals surface area (Å²) in [7, 11) is 4.29. The van der Waals surface area contributed by atoms with Gasteiger partial charge in [0, 0.05) is 16.1 Å². The van der Waals surface area contributed by atoms with E-state index in [1.54, 1.807) is 18.2 Å². The van der Waals surface area contributed by atoms with Crippen LogP contribution in [-0.4, -0.2) is 51.0 Å². The van der Waals surface area contributed by atoms with Crippen molar-refractivity contribution in [2.45, 2.75) is 0 Å². The summed E-state index contributed by atoms with van der Waals surface area (Å²) in [5, 5.41) is 15.0. The molecule has 14 heteroatoms. The summed E-state index contributed by atoms with van der Waals surface area (Å²) in [6.45, 7) is -0.520. The lowest BCUT2D eigenvalue weighted by Gasteiger charge is -2.15. The van der Waals surface area contributed by atoms with Crippen LogP contribution in [0.3, 0.4) is 0 Å². The molecular weight excluding hydrogens is 646 g/mol. The lowest BCUT2D eigenvalue weighted by Crippen LogP contribution is -2.24. The van der Waals surface area contributed by atoms with Crippen LogP contribution >= 0.6 is 31.9 Å². The number of carbonyl (C=O) groups is 2. The molecule has 0 aromatic heterocycles. The molecule has 0 saturated carbocycles. The van der Waals surface area contributed by atoms with Gasteiger partial charge in [-0.15, -0.1) is 0 Å². The van der Waals surface area contributed by atoms with E-state index in [1.165, 1.54) is 57.9 Å². The number of nitrogens with zero attached hydrogens (tertiary/aromatic N) is 2. The maximum absolute atomic E-state index is 13.0. The number of ether oxygens (including phenoxy) is 5. The van der Waals surface area contributed by atoms with E-state index in [9.17, 15) is 19.7 Å². The summed E-state index contributed by atoms with van der Waals surface area (Å²) < 4.78 is 27.8. The third kappa shape index (κ3) is 7.45. The highest BCUT2D eigenvalue weighted by molar-refractivity contribution is 9.11. The van der Waals surface area contributed by atoms with Crippen LogP contribution in [0.4, 0.5) is 5.69 Å². The first-order valence-electron chi connectivity index (χ1n) is 10.9. The molecule has 3 aromatic carbocycles. The smallest absolute Gasteiger partial charge is 0.343 e. The van der Waals surface area contributed by atoms with Gasteiger partial charge in [-0.1, -0.05) is 28.1 Å². The number of amides is 1. The lowest BCUT2D eigenvalue weighted by atomic mass is 10.1. The number of hydrogen-bond donors (Lipinski definition) is 1. The van der Waals surface area contributed by atoms with Crippen LogP contribution in [-0.2, 0) is 4.79 Å². The van der Waals surface area contributed by atoms with Crippen molar-refractivity contribution in [3.05, 3.63) is 78.7 Å². The van der Waals surface area contributed by atoms with Crippen LogP contribution in [0.15, 0.2) is 62.6 Å². The number of nitro benzene ring substituents is 1. The Morgan fingerprint density at radius 1 is 0.974 bits per heavy atom. The largest absolute Gasteiger partial charge is 0.493 e. The van der Waals surface area contributed by atoms with Gasteiger partial charge >= 0.3 is 11.7 Å². The van der Waals surface area contributed by atoms with E-state index in [0.717, 1.165) is 0 Å². The minimum Gasteiger partial charge on any atom is -0.493 e. The highest BCUT2D eigenvalue weighted by Gasteiger charge is 2.21. The van der Waals surface area contributed by atoms with Crippen LogP contribution in [0, 0.1) is 10.1 Å². The minimum atomic E-state index is -0.728. The SMILES string of the molecule is COc1cc(C(=O)Oc2c(Br)cc(Br)cc2C=NNC(=O)COc2ccccc2[N+](=O)[O-])cc(OC)c1OC. The maximum Gasteiger partial charge on any atom is 0.343 e. The van der Waals surface area contributed by atoms with Gasteiger partial charge in [-0.2, -0.15) is 5.10 Å². The monoisotopic (exact) mass is 665 g/mol. The van der Waals surface area contributed by atoms with Crippen molar-refractivity contribution in [3.8, 4) is 28.7 Å². The second-order valence-electron chi connectivity index (χ2n) is 7.42. The quantitative estimate of drug-likeness (QED) is 0.0992. The number of hydrazone groups is 1. The van der Waals surface area contributed by atoms with E-state index < -0.39 is 23.4 Å². The molecule has 1 amide bonds. The molecule has 39 heavy (non-hydrogen) atoms. The van der Waals surface area contributed by atoms with Gasteiger partial charge in [0.15, 0.2) is 29.6 Å². The van der Waals surface area contributed by atoms with Crippen molar-refractivity contribution < 1.29 is 38.2 Å². The third-order valence-corrected chi connectivity index (χ3v) is 5.99. The minimum absolute atomic E-state index is 0.0569. The fourth-order valence-corrected chi connectivity index (χ4v) is 4.55. The molecule has 0 bridgehead atoms. The average Bonchev–Trinajstić information content (AvgIpc) is 2.92. The fraction of sp³-hybridized carbons (Fsp3) is 0.160. The molecule has 0 radical (unpaired) electrons. The van der Waals surface area contributed by atoms with E-state index >= 15 is 0 Å². The number of nitro groups is 1. The van der Waals surface area contributed by atoms with Crippen molar-refractivity contribution in [2.75, 3.05) is 27.9 Å². The molecule has 0 unspecified atom stereocenters. The van der Waals surface area contributed by atoms with Gasteiger partial charge in [-0.05, 0) is 46.3 Å². The Morgan fingerprint density at radius 2 is 1.64 bits per heavy atom. The first-order chi connectivity index (χ1) is 18.7. The van der Waals surface area contributed by atoms with E-state index in [2.05, 4.69) is 42.4 Å². The molecule has 1 N–H and O–H groups in total. The summed E-state index contributed by atoms with van der Waals surface area (Å²) >= 11 is 6.73. The molecule has 0 aliphatic rings. The molecule has 3 rings (SSSR count). The van der Waals surface area contributed by atoms with E-state index in [4.69, 9.17) is 23.7 Å². The zero-order chi connectivity index (χ0) is 28.5. The van der Waals surface area contributed by atoms with Gasteiger partial charge < -0.3 is 23.7 Å². The topological polar surface area (TPSA) is 148 Å². The van der Waals surface area contributed by atoms with Crippen LogP contribution in [0.25, 0.3) is 0 Å². The molecule has 0 fully saturated rings. The number of rotatable bonds is 11. The molecule has 12 nitrogen and oxygen atoms in total. The van der Waals surface area contributed by atoms with Crippen LogP contribution in [0.1, 0.15) is 15.9 Å². The number of carbonyl (C=O) groups excluding carboxylic acids is 2. The highest BCUT2D eigenvalue weighted by atomic mass is 79.9. The fourth-order valence-electron chi connectivity index (χ4n) is 3.21. The van der Waals surface area contributed by atoms with Crippen molar-refractivity contribution in [3.63, 3.8) is 0 Å². The molecule has 0 aliphatic heterocycles. The first-order valence-corrected chi connectivity index (χ1v) is 12.5. The molecule has 3 aromatic rings. The van der Waals surface area contributed by atoms with Gasteiger partial charge in [0.05, 0.1) is 42.5 Å². The summed E-state index contributed by atoms with van der Waals surface area (Å²) in [6, 6.07) is 11.8. The number of para-hydroxylation sites is 2. The predicted molar refractivity (Wildman–Crippen MR) is 147 cm³/mol. The summed E-state index contributed by atoms with van der Waals surface area (Å²) in [4.78, 5) is 35.7. The molecule has 0 heterocycles. The van der Waals surface area contributed by atoms with E-state index in [0.29, 0.717) is 20.3 Å². The number of benzene rings is 3. The van der Waals surface area contributed by atoms with Crippen molar-refractivity contribution in [1.29, 1.82) is 0 Å². The molecule has 0 spiro atoms. The highest BCUT2D eigenvalue weighted by Crippen LogP contribution is 2.39. The van der Waals surface area contributed by atoms with Crippen molar-refractivity contribution in [2.24, 2.45) is 5.10 Å². The Morgan fingerprint density at radius 3 is 2.26 bits per heavy atom. The van der Waals surface area contributed by atoms with Crippen molar-refractivity contribution in [1.82, 2.24) is 5.43 Å². The van der Waals surface area contributed by atoms with Gasteiger partial charge in [-0.25, -0.2) is 10.2 Å². The van der Waals surface area contributed by atoms with Gasteiger partial charge in [-0.3, -0.25) is 14.9 Å². The Labute approximate surface area is 239 Å². The number of esters is 1. The Bertz CT molecular complexity index is 1400. The van der Waals surface area contributed by atoms with Gasteiger partial charge in [0.25, 0.3) is 5.91 Å². The standard InChI is InChI=1S/C25H21Br2N3O9/c1-35-20-9-14(10-21(36-2)24(20)37-3)25(32)39-23-15(8-16(26)11-17(23)27)12-28-29-22(31)13-38-19-7-5-4-6-18(19)30(33)34/h4-12H,13H2,1-3H3,(H,29,31). The normalized spacial score (nSPS) is 10.6. The third-order valence-electron chi connectivity index (χ3n) is 4.95. The van der Waals surface area contributed by atoms with E-state index in [1.807, 2.05) is 0 Å². The zero-order valence-corrected chi connectivity index (χ0v) is 23.9. The number of hydrogen-bond acceptors (Lipinski definition) is 10. The molecule has 0 aliphatic carbocycles. The first kappa shape index (κ1) is 29.4. The second-order valence-corrected chi connectivity index (χ2v) is 9.19. The number of halogens is 2. The van der Waals surface area contributed by atoms with Crippen molar-refractivity contribution >= 4 is 55.6 Å². The van der Waals surface area contributed by atoms with E-state index in [-0.39, 0.29) is 34.2 Å². The number of nitrogens with one attached hydrogen (secondary N) is 1. The van der Waals surface area contributed by atoms with Crippen LogP contribution < -0.4 is 29.1 Å². The summed E-state index contributed by atoms with van der Waals surface area (Å²) in [5.74, 6) is -0.485. The van der Waals surface area contributed by atoms with Crippen LogP contribution in [0.2, 0.25) is 0 Å². The van der Waals surface area contributed by atoms with Gasteiger partial charge in [0.1, 0.15) is 0 Å². The Hall–Kier alpha value is -4.17. The molecule has 0 atom stereocenters. The summed E-state index contributed by atoms with van der Waals surface area (Å²) in [5.41, 5.74) is 2.45. The summed E-state index contributed by atoms with van der Waals surface area (Å²) in [6.07, 6.45) is 1.26. The predicted octanol–water partition coefficient (Wildman–Crippen LogP) is 4.89. The zero-order valence-electron chi connectivity index (χ0n) is 20.7. The van der Waals surface area contributed by atoms with Gasteiger partial charge in [0.2, 0.25) is 5.75 Å². The second kappa shape index (κ2) is 13.6. The average molecular weight is 667 g/mol. The van der Waals surface area contributed by atoms with Crippen LogP contribution in [0.5, 0.6) is 28.7 Å². The molecule has 0 saturated heterocycles. The lowest BCUT2D eigenvalue weighted by molar-refractivity contribution is -0.385.